The third kappa shape index (κ3) is 6.59. The van der Waals surface area contributed by atoms with Crippen LogP contribution in [0.2, 0.25) is 0 Å². The molecule has 0 radical (unpaired) electrons. The number of amides is 1. The molecule has 1 saturated heterocycles. The van der Waals surface area contributed by atoms with E-state index in [4.69, 9.17) is 10.5 Å². The first-order valence-electron chi connectivity index (χ1n) is 11.0. The van der Waals surface area contributed by atoms with Crippen LogP contribution in [0, 0.1) is 5.92 Å². The zero-order chi connectivity index (χ0) is 22.9. The van der Waals surface area contributed by atoms with Crippen molar-refractivity contribution in [1.82, 2.24) is 15.2 Å². The standard InChI is InChI=1S/C25H32N4O3/c1-3-32-25-23(14-21(26)16-28-25)24(31)27-15-19-9-11-29(12-10-19)17-22(30)13-18(2)20-7-5-4-6-8-20/h4-8,13-14,16,19,30H,2-3,9-12,15,17,26H2,1H3,(H,27,31)/b22-13-. The van der Waals surface area contributed by atoms with E-state index < -0.39 is 0 Å². The number of aliphatic hydroxyl groups is 1. The smallest absolute Gasteiger partial charge is 0.256 e. The Labute approximate surface area is 189 Å². The highest BCUT2D eigenvalue weighted by atomic mass is 16.5. The van der Waals surface area contributed by atoms with Crippen molar-refractivity contribution in [3.63, 3.8) is 0 Å². The largest absolute Gasteiger partial charge is 0.511 e. The van der Waals surface area contributed by atoms with Gasteiger partial charge in [-0.15, -0.1) is 0 Å². The van der Waals surface area contributed by atoms with E-state index in [1.165, 1.54) is 6.20 Å². The highest BCUT2D eigenvalue weighted by Crippen LogP contribution is 2.21. The zero-order valence-electron chi connectivity index (χ0n) is 18.6. The molecule has 7 heteroatoms. The maximum atomic E-state index is 12.6. The number of nitrogen functional groups attached to an aromatic ring is 1. The summed E-state index contributed by atoms with van der Waals surface area (Å²) in [5.74, 6) is 0.762. The van der Waals surface area contributed by atoms with Gasteiger partial charge >= 0.3 is 0 Å². The number of pyridine rings is 1. The van der Waals surface area contributed by atoms with Crippen LogP contribution in [0.25, 0.3) is 5.57 Å². The summed E-state index contributed by atoms with van der Waals surface area (Å²) >= 11 is 0. The van der Waals surface area contributed by atoms with Crippen molar-refractivity contribution in [3.05, 3.63) is 72.1 Å². The molecule has 1 aliphatic heterocycles. The molecular weight excluding hydrogens is 404 g/mol. The van der Waals surface area contributed by atoms with Gasteiger partial charge in [0.15, 0.2) is 0 Å². The summed E-state index contributed by atoms with van der Waals surface area (Å²) in [7, 11) is 0. The maximum Gasteiger partial charge on any atom is 0.256 e. The zero-order valence-corrected chi connectivity index (χ0v) is 18.6. The number of ether oxygens (including phenoxy) is 1. The van der Waals surface area contributed by atoms with Gasteiger partial charge in [-0.3, -0.25) is 9.69 Å². The Balaban J connectivity index is 1.45. The van der Waals surface area contributed by atoms with E-state index in [1.54, 1.807) is 12.1 Å². The number of nitrogens with two attached hydrogens (primary N) is 1. The molecule has 7 nitrogen and oxygen atoms in total. The van der Waals surface area contributed by atoms with Crippen LogP contribution in [0.4, 0.5) is 5.69 Å². The lowest BCUT2D eigenvalue weighted by Crippen LogP contribution is -2.39. The molecule has 2 aromatic rings. The van der Waals surface area contributed by atoms with Gasteiger partial charge in [-0.05, 0) is 62.1 Å². The molecule has 4 N–H and O–H groups in total. The van der Waals surface area contributed by atoms with Crippen molar-refractivity contribution in [2.45, 2.75) is 19.8 Å². The number of hydrogen-bond donors (Lipinski definition) is 3. The van der Waals surface area contributed by atoms with Crippen LogP contribution >= 0.6 is 0 Å². The molecule has 1 amide bonds. The maximum absolute atomic E-state index is 12.6. The van der Waals surface area contributed by atoms with Crippen molar-refractivity contribution < 1.29 is 14.6 Å². The number of aromatic nitrogens is 1. The molecule has 0 bridgehead atoms. The summed E-state index contributed by atoms with van der Waals surface area (Å²) in [4.78, 5) is 18.9. The summed E-state index contributed by atoms with van der Waals surface area (Å²) in [6, 6.07) is 11.4. The first-order valence-corrected chi connectivity index (χ1v) is 11.0. The fourth-order valence-corrected chi connectivity index (χ4v) is 3.78. The molecule has 32 heavy (non-hydrogen) atoms. The molecule has 1 aliphatic rings. The molecule has 0 spiro atoms. The van der Waals surface area contributed by atoms with E-state index in [0.717, 1.165) is 37.1 Å². The Hall–Kier alpha value is -3.32. The number of likely N-dealkylation sites (tertiary alicyclic amines) is 1. The van der Waals surface area contributed by atoms with Crippen molar-refractivity contribution in [3.8, 4) is 5.88 Å². The van der Waals surface area contributed by atoms with Gasteiger partial charge < -0.3 is 20.9 Å². The van der Waals surface area contributed by atoms with E-state index in [9.17, 15) is 9.90 Å². The molecule has 0 unspecified atom stereocenters. The second-order valence-electron chi connectivity index (χ2n) is 8.01. The fourth-order valence-electron chi connectivity index (χ4n) is 3.78. The highest BCUT2D eigenvalue weighted by Gasteiger charge is 2.22. The van der Waals surface area contributed by atoms with Crippen molar-refractivity contribution in [2.24, 2.45) is 5.92 Å². The van der Waals surface area contributed by atoms with Crippen LogP contribution in [0.5, 0.6) is 5.88 Å². The van der Waals surface area contributed by atoms with Crippen LogP contribution < -0.4 is 15.8 Å². The molecule has 1 aromatic heterocycles. The lowest BCUT2D eigenvalue weighted by molar-refractivity contribution is 0.0931. The number of carbonyl (C=O) groups excluding carboxylic acids is 1. The normalized spacial score (nSPS) is 15.3. The summed E-state index contributed by atoms with van der Waals surface area (Å²) in [5.41, 5.74) is 8.36. The van der Waals surface area contributed by atoms with Crippen molar-refractivity contribution >= 4 is 17.2 Å². The van der Waals surface area contributed by atoms with Crippen LogP contribution in [0.3, 0.4) is 0 Å². The quantitative estimate of drug-likeness (QED) is 0.410. The predicted octanol–water partition coefficient (Wildman–Crippen LogP) is 3.66. The van der Waals surface area contributed by atoms with Crippen LogP contribution in [-0.2, 0) is 0 Å². The second kappa shape index (κ2) is 11.3. The number of aliphatic hydroxyl groups excluding tert-OH is 1. The topological polar surface area (TPSA) is 101 Å². The van der Waals surface area contributed by atoms with E-state index in [1.807, 2.05) is 37.3 Å². The summed E-state index contributed by atoms with van der Waals surface area (Å²) < 4.78 is 5.44. The van der Waals surface area contributed by atoms with Gasteiger partial charge in [0, 0.05) is 6.54 Å². The van der Waals surface area contributed by atoms with E-state index in [-0.39, 0.29) is 5.91 Å². The van der Waals surface area contributed by atoms with Crippen LogP contribution in [0.1, 0.15) is 35.7 Å². The Bertz CT molecular complexity index is 951. The van der Waals surface area contributed by atoms with Crippen molar-refractivity contribution in [1.29, 1.82) is 0 Å². The van der Waals surface area contributed by atoms with E-state index in [0.29, 0.717) is 48.5 Å². The minimum atomic E-state index is -0.226. The number of nitrogens with zero attached hydrogens (tertiary/aromatic N) is 2. The molecule has 170 valence electrons. The van der Waals surface area contributed by atoms with Gasteiger partial charge in [0.1, 0.15) is 11.3 Å². The van der Waals surface area contributed by atoms with E-state index in [2.05, 4.69) is 21.8 Å². The van der Waals surface area contributed by atoms with Gasteiger partial charge in [0.25, 0.3) is 5.91 Å². The Morgan fingerprint density at radius 1 is 1.34 bits per heavy atom. The van der Waals surface area contributed by atoms with E-state index >= 15 is 0 Å². The number of anilines is 1. The van der Waals surface area contributed by atoms with Gasteiger partial charge in [-0.1, -0.05) is 36.9 Å². The first kappa shape index (κ1) is 23.3. The Kier molecular flexibility index (Phi) is 8.27. The monoisotopic (exact) mass is 436 g/mol. The molecule has 0 saturated carbocycles. The molecule has 1 fully saturated rings. The fraction of sp³-hybridized carbons (Fsp3) is 0.360. The summed E-state index contributed by atoms with van der Waals surface area (Å²) in [5, 5.41) is 13.4. The number of allylic oxidation sites excluding steroid dienone is 2. The molecule has 0 aliphatic carbocycles. The van der Waals surface area contributed by atoms with Gasteiger partial charge in [0.05, 0.1) is 25.0 Å². The third-order valence-electron chi connectivity index (χ3n) is 5.53. The van der Waals surface area contributed by atoms with Gasteiger partial charge in [0.2, 0.25) is 5.88 Å². The number of nitrogens with one attached hydrogen (secondary N) is 1. The average Bonchev–Trinajstić information content (AvgIpc) is 2.80. The molecule has 3 rings (SSSR count). The SMILES string of the molecule is C=C(/C=C(\O)CN1CCC(CNC(=O)c2cc(N)cnc2OCC)CC1)c1ccccc1. The highest BCUT2D eigenvalue weighted by molar-refractivity contribution is 5.97. The average molecular weight is 437 g/mol. The van der Waals surface area contributed by atoms with Gasteiger partial charge in [-0.25, -0.2) is 4.98 Å². The minimum absolute atomic E-state index is 0.226. The van der Waals surface area contributed by atoms with Crippen LogP contribution in [0.15, 0.2) is 61.0 Å². The predicted molar refractivity (Wildman–Crippen MR) is 128 cm³/mol. The molecule has 0 atom stereocenters. The van der Waals surface area contributed by atoms with Crippen LogP contribution in [-0.4, -0.2) is 53.7 Å². The lowest BCUT2D eigenvalue weighted by atomic mass is 9.96. The van der Waals surface area contributed by atoms with Crippen molar-refractivity contribution in [2.75, 3.05) is 38.5 Å². The Morgan fingerprint density at radius 2 is 2.06 bits per heavy atom. The summed E-state index contributed by atoms with van der Waals surface area (Å²) in [6.07, 6.45) is 5.11. The second-order valence-corrected chi connectivity index (χ2v) is 8.01. The number of rotatable bonds is 9. The number of carbonyl (C=O) groups is 1. The summed E-state index contributed by atoms with van der Waals surface area (Å²) in [6.45, 7) is 9.12. The number of benzene rings is 1. The Morgan fingerprint density at radius 3 is 2.75 bits per heavy atom. The first-order chi connectivity index (χ1) is 15.5. The molecular formula is C25H32N4O3. The number of piperidine rings is 1. The van der Waals surface area contributed by atoms with Gasteiger partial charge in [-0.2, -0.15) is 0 Å². The number of hydrogen-bond acceptors (Lipinski definition) is 6. The lowest BCUT2D eigenvalue weighted by Gasteiger charge is -2.31. The minimum Gasteiger partial charge on any atom is -0.511 e. The molecule has 1 aromatic carbocycles. The third-order valence-corrected chi connectivity index (χ3v) is 5.53. The molecule has 2 heterocycles.